The van der Waals surface area contributed by atoms with E-state index in [4.69, 9.17) is 10.5 Å². The second kappa shape index (κ2) is 4.80. The Hall–Kier alpha value is -2.63. The minimum Gasteiger partial charge on any atom is -0.481 e. The van der Waals surface area contributed by atoms with Gasteiger partial charge in [-0.25, -0.2) is 4.39 Å². The highest BCUT2D eigenvalue weighted by Crippen LogP contribution is 2.34. The molecule has 1 aromatic heterocycles. The number of nitrogens with two attached hydrogens (primary N) is 1. The summed E-state index contributed by atoms with van der Waals surface area (Å²) in [5, 5.41) is 0. The van der Waals surface area contributed by atoms with Gasteiger partial charge in [-0.3, -0.25) is 9.78 Å². The van der Waals surface area contributed by atoms with E-state index >= 15 is 0 Å². The van der Waals surface area contributed by atoms with Gasteiger partial charge in [0, 0.05) is 18.0 Å². The van der Waals surface area contributed by atoms with Gasteiger partial charge in [0.25, 0.3) is 5.91 Å². The van der Waals surface area contributed by atoms with Gasteiger partial charge in [0.2, 0.25) is 0 Å². The molecule has 1 amide bonds. The van der Waals surface area contributed by atoms with Crippen molar-refractivity contribution in [1.29, 1.82) is 0 Å². The van der Waals surface area contributed by atoms with Crippen molar-refractivity contribution in [1.82, 2.24) is 4.98 Å². The number of amides is 1. The molecule has 0 saturated heterocycles. The molecule has 0 bridgehead atoms. The molecule has 102 valence electrons. The Kier molecular flexibility index (Phi) is 2.98. The minimum atomic E-state index is -0.430. The van der Waals surface area contributed by atoms with Gasteiger partial charge >= 0.3 is 0 Å². The van der Waals surface area contributed by atoms with Crippen molar-refractivity contribution in [3.05, 3.63) is 48.0 Å². The molecular weight excluding hydrogens is 261 g/mol. The first-order chi connectivity index (χ1) is 9.63. The van der Waals surface area contributed by atoms with Crippen LogP contribution in [-0.2, 0) is 11.3 Å². The highest BCUT2D eigenvalue weighted by atomic mass is 19.1. The third kappa shape index (κ3) is 2.27. The van der Waals surface area contributed by atoms with E-state index < -0.39 is 5.82 Å². The fourth-order valence-electron chi connectivity index (χ4n) is 2.12. The number of rotatable bonds is 2. The van der Waals surface area contributed by atoms with Crippen molar-refractivity contribution in [2.45, 2.75) is 6.54 Å². The van der Waals surface area contributed by atoms with E-state index in [-0.39, 0.29) is 19.1 Å². The van der Waals surface area contributed by atoms with Crippen molar-refractivity contribution in [2.75, 3.05) is 17.2 Å². The molecule has 0 fully saturated rings. The number of carbonyl (C=O) groups excluding carboxylic acids is 1. The fourth-order valence-corrected chi connectivity index (χ4v) is 2.12. The second-order valence-corrected chi connectivity index (χ2v) is 4.51. The summed E-state index contributed by atoms with van der Waals surface area (Å²) in [5.41, 5.74) is 7.49. The monoisotopic (exact) mass is 273 g/mol. The molecule has 3 rings (SSSR count). The molecule has 0 spiro atoms. The molecule has 0 atom stereocenters. The number of pyridine rings is 1. The Balaban J connectivity index is 1.95. The van der Waals surface area contributed by atoms with Gasteiger partial charge in [0.05, 0.1) is 18.4 Å². The van der Waals surface area contributed by atoms with E-state index in [9.17, 15) is 9.18 Å². The van der Waals surface area contributed by atoms with Crippen LogP contribution in [0.3, 0.4) is 0 Å². The molecule has 2 N–H and O–H groups in total. The van der Waals surface area contributed by atoms with Crippen LogP contribution in [0.2, 0.25) is 0 Å². The number of anilines is 2. The first kappa shape index (κ1) is 12.4. The Bertz CT molecular complexity index is 675. The Morgan fingerprint density at radius 1 is 1.35 bits per heavy atom. The normalized spacial score (nSPS) is 13.8. The summed E-state index contributed by atoms with van der Waals surface area (Å²) in [6.07, 6.45) is 2.65. The summed E-state index contributed by atoms with van der Waals surface area (Å²) in [4.78, 5) is 17.3. The van der Waals surface area contributed by atoms with Crippen LogP contribution in [0.4, 0.5) is 15.8 Å². The van der Waals surface area contributed by atoms with Gasteiger partial charge in [-0.1, -0.05) is 0 Å². The van der Waals surface area contributed by atoms with Gasteiger partial charge < -0.3 is 15.4 Å². The lowest BCUT2D eigenvalue weighted by Gasteiger charge is -2.29. The van der Waals surface area contributed by atoms with Crippen LogP contribution in [0, 0.1) is 5.82 Å². The molecule has 6 heteroatoms. The van der Waals surface area contributed by atoms with Crippen molar-refractivity contribution in [3.8, 4) is 5.75 Å². The predicted octanol–water partition coefficient (Wildman–Crippen LogP) is 1.73. The molecule has 20 heavy (non-hydrogen) atoms. The topological polar surface area (TPSA) is 68.5 Å². The summed E-state index contributed by atoms with van der Waals surface area (Å²) in [6, 6.07) is 6.43. The van der Waals surface area contributed by atoms with E-state index in [1.165, 1.54) is 17.2 Å². The number of fused-ring (bicyclic) bond motifs is 1. The average Bonchev–Trinajstić information content (AvgIpc) is 2.42. The highest BCUT2D eigenvalue weighted by molar-refractivity contribution is 5.98. The van der Waals surface area contributed by atoms with Crippen LogP contribution in [0.25, 0.3) is 0 Å². The number of benzene rings is 1. The summed E-state index contributed by atoms with van der Waals surface area (Å²) in [6.45, 7) is 0.184. The third-order valence-electron chi connectivity index (χ3n) is 3.03. The fraction of sp³-hybridized carbons (Fsp3) is 0.143. The standard InChI is InChI=1S/C14H12FN3O2/c15-10-3-9(5-17-6-10)7-18-12-2-1-11(16)4-13(12)20-8-14(18)19/h1-6H,7-8,16H2. The molecule has 0 aliphatic carbocycles. The lowest BCUT2D eigenvalue weighted by atomic mass is 10.2. The van der Waals surface area contributed by atoms with Gasteiger partial charge in [-0.15, -0.1) is 0 Å². The number of carbonyl (C=O) groups is 1. The SMILES string of the molecule is Nc1ccc2c(c1)OCC(=O)N2Cc1cncc(F)c1. The van der Waals surface area contributed by atoms with Crippen LogP contribution in [0.5, 0.6) is 5.75 Å². The van der Waals surface area contributed by atoms with Gasteiger partial charge in [0.15, 0.2) is 6.61 Å². The lowest BCUT2D eigenvalue weighted by molar-refractivity contribution is -0.121. The quantitative estimate of drug-likeness (QED) is 0.846. The Morgan fingerprint density at radius 3 is 3.00 bits per heavy atom. The molecular formula is C14H12FN3O2. The second-order valence-electron chi connectivity index (χ2n) is 4.51. The number of hydrogen-bond donors (Lipinski definition) is 1. The van der Waals surface area contributed by atoms with Crippen LogP contribution in [0.15, 0.2) is 36.7 Å². The third-order valence-corrected chi connectivity index (χ3v) is 3.03. The molecule has 5 nitrogen and oxygen atoms in total. The molecule has 2 heterocycles. The van der Waals surface area contributed by atoms with E-state index in [1.807, 2.05) is 0 Å². The van der Waals surface area contributed by atoms with Gasteiger partial charge in [-0.2, -0.15) is 0 Å². The zero-order valence-corrected chi connectivity index (χ0v) is 10.5. The van der Waals surface area contributed by atoms with E-state index in [2.05, 4.69) is 4.98 Å². The Morgan fingerprint density at radius 2 is 2.20 bits per heavy atom. The van der Waals surface area contributed by atoms with E-state index in [0.29, 0.717) is 22.7 Å². The van der Waals surface area contributed by atoms with E-state index in [0.717, 1.165) is 6.20 Å². The maximum atomic E-state index is 13.2. The van der Waals surface area contributed by atoms with Crippen molar-refractivity contribution in [2.24, 2.45) is 0 Å². The number of nitrogen functional groups attached to an aromatic ring is 1. The van der Waals surface area contributed by atoms with Crippen LogP contribution >= 0.6 is 0 Å². The maximum Gasteiger partial charge on any atom is 0.265 e. The molecule has 1 aliphatic heterocycles. The van der Waals surface area contributed by atoms with Crippen molar-refractivity contribution < 1.29 is 13.9 Å². The first-order valence-corrected chi connectivity index (χ1v) is 6.05. The molecule has 0 unspecified atom stereocenters. The predicted molar refractivity (Wildman–Crippen MR) is 71.7 cm³/mol. The number of aromatic nitrogens is 1. The number of ether oxygens (including phenoxy) is 1. The Labute approximate surface area is 114 Å². The summed E-state index contributed by atoms with van der Waals surface area (Å²) >= 11 is 0. The summed E-state index contributed by atoms with van der Waals surface area (Å²) in [7, 11) is 0. The minimum absolute atomic E-state index is 0.0564. The van der Waals surface area contributed by atoms with E-state index in [1.54, 1.807) is 18.2 Å². The van der Waals surface area contributed by atoms with Crippen LogP contribution < -0.4 is 15.4 Å². The van der Waals surface area contributed by atoms with Crippen molar-refractivity contribution >= 4 is 17.3 Å². The average molecular weight is 273 g/mol. The molecule has 0 radical (unpaired) electrons. The number of nitrogens with zero attached hydrogens (tertiary/aromatic N) is 2. The smallest absolute Gasteiger partial charge is 0.265 e. The zero-order valence-electron chi connectivity index (χ0n) is 10.5. The zero-order chi connectivity index (χ0) is 14.1. The highest BCUT2D eigenvalue weighted by Gasteiger charge is 2.25. The molecule has 2 aromatic rings. The van der Waals surface area contributed by atoms with Gasteiger partial charge in [0.1, 0.15) is 11.6 Å². The van der Waals surface area contributed by atoms with Crippen LogP contribution in [-0.4, -0.2) is 17.5 Å². The molecule has 0 saturated carbocycles. The maximum absolute atomic E-state index is 13.2. The summed E-state index contributed by atoms with van der Waals surface area (Å²) in [5.74, 6) is -0.0683. The van der Waals surface area contributed by atoms with Crippen molar-refractivity contribution in [3.63, 3.8) is 0 Å². The molecule has 1 aliphatic rings. The molecule has 1 aromatic carbocycles. The van der Waals surface area contributed by atoms with Gasteiger partial charge in [-0.05, 0) is 23.8 Å². The lowest BCUT2D eigenvalue weighted by Crippen LogP contribution is -2.38. The largest absolute Gasteiger partial charge is 0.481 e. The van der Waals surface area contributed by atoms with Crippen LogP contribution in [0.1, 0.15) is 5.56 Å². The number of halogens is 1. The summed E-state index contributed by atoms with van der Waals surface area (Å²) < 4.78 is 18.5. The first-order valence-electron chi connectivity index (χ1n) is 6.05. The number of hydrogen-bond acceptors (Lipinski definition) is 4.